The highest BCUT2D eigenvalue weighted by Crippen LogP contribution is 2.36. The molecule has 20 heavy (non-hydrogen) atoms. The molecule has 1 saturated carbocycles. The first-order valence-electron chi connectivity index (χ1n) is 6.57. The van der Waals surface area contributed by atoms with E-state index in [2.05, 4.69) is 5.32 Å². The van der Waals surface area contributed by atoms with Gasteiger partial charge in [-0.2, -0.15) is 0 Å². The van der Waals surface area contributed by atoms with E-state index in [4.69, 9.17) is 22.5 Å². The van der Waals surface area contributed by atoms with E-state index in [1.165, 1.54) is 6.07 Å². The Kier molecular flexibility index (Phi) is 5.32. The molecule has 0 bridgehead atoms. The first kappa shape index (κ1) is 15.6. The third kappa shape index (κ3) is 3.67. The molecule has 1 aliphatic rings. The fraction of sp³-hybridized carbons (Fsp3) is 0.429. The largest absolute Gasteiger partial charge is 0.401 e. The molecular weight excluding hydrogens is 297 g/mol. The lowest BCUT2D eigenvalue weighted by Crippen LogP contribution is -2.24. The summed E-state index contributed by atoms with van der Waals surface area (Å²) in [6.07, 6.45) is 2.26. The van der Waals surface area contributed by atoms with Crippen molar-refractivity contribution in [1.29, 1.82) is 0 Å². The second-order valence-electron chi connectivity index (χ2n) is 5.01. The summed E-state index contributed by atoms with van der Waals surface area (Å²) in [6, 6.07) is 4.48. The van der Waals surface area contributed by atoms with Crippen LogP contribution in [0.4, 0.5) is 4.39 Å². The van der Waals surface area contributed by atoms with Gasteiger partial charge in [-0.05, 0) is 49.8 Å². The van der Waals surface area contributed by atoms with Crippen LogP contribution in [0.1, 0.15) is 31.4 Å². The minimum Gasteiger partial charge on any atom is -0.401 e. The summed E-state index contributed by atoms with van der Waals surface area (Å²) in [5.74, 6) is 0.161. The highest BCUT2D eigenvalue weighted by Gasteiger charge is 2.26. The van der Waals surface area contributed by atoms with Crippen molar-refractivity contribution >= 4 is 23.5 Å². The molecular formula is C14H19ClFN3S. The van der Waals surface area contributed by atoms with Crippen LogP contribution >= 0.6 is 23.5 Å². The number of benzene rings is 1. The molecule has 3 nitrogen and oxygen atoms in total. The molecule has 1 aliphatic carbocycles. The van der Waals surface area contributed by atoms with Crippen LogP contribution in [0.25, 0.3) is 0 Å². The lowest BCUT2D eigenvalue weighted by molar-refractivity contribution is 0.547. The van der Waals surface area contributed by atoms with Crippen LogP contribution in [0.5, 0.6) is 0 Å². The van der Waals surface area contributed by atoms with Gasteiger partial charge in [0.1, 0.15) is 5.82 Å². The van der Waals surface area contributed by atoms with Crippen molar-refractivity contribution in [2.24, 2.45) is 16.8 Å². The molecule has 0 saturated heterocycles. The quantitative estimate of drug-likeness (QED) is 0.705. The van der Waals surface area contributed by atoms with Crippen LogP contribution in [0.15, 0.2) is 28.8 Å². The number of halogens is 2. The maximum absolute atomic E-state index is 13.8. The average molecular weight is 316 g/mol. The second-order valence-corrected chi connectivity index (χ2v) is 6.14. The number of rotatable bonds is 6. The molecule has 0 heterocycles. The zero-order chi connectivity index (χ0) is 14.7. The molecule has 0 aromatic heterocycles. The molecule has 110 valence electrons. The van der Waals surface area contributed by atoms with E-state index in [1.807, 2.05) is 6.92 Å². The SMILES string of the molecule is CC(NC/C(SN)=C(/N)C1CC1)c1c(F)cccc1Cl. The van der Waals surface area contributed by atoms with Crippen LogP contribution < -0.4 is 16.2 Å². The van der Waals surface area contributed by atoms with Gasteiger partial charge in [-0.15, -0.1) is 0 Å². The fourth-order valence-electron chi connectivity index (χ4n) is 2.11. The van der Waals surface area contributed by atoms with E-state index in [9.17, 15) is 4.39 Å². The zero-order valence-electron chi connectivity index (χ0n) is 11.3. The lowest BCUT2D eigenvalue weighted by Gasteiger charge is -2.18. The standard InChI is InChI=1S/C14H19ClFN3S/c1-8(13-10(15)3-2-4-11(13)16)19-7-12(20-18)14(17)9-5-6-9/h2-4,8-9,19H,5-7,17-18H2,1H3/b14-12-. The average Bonchev–Trinajstić information content (AvgIpc) is 3.23. The summed E-state index contributed by atoms with van der Waals surface area (Å²) in [5.41, 5.74) is 7.39. The van der Waals surface area contributed by atoms with Crippen molar-refractivity contribution in [3.8, 4) is 0 Å². The van der Waals surface area contributed by atoms with Crippen molar-refractivity contribution in [1.82, 2.24) is 5.32 Å². The van der Waals surface area contributed by atoms with Crippen LogP contribution in [-0.4, -0.2) is 6.54 Å². The minimum atomic E-state index is -0.307. The van der Waals surface area contributed by atoms with Gasteiger partial charge in [0.25, 0.3) is 0 Å². The number of nitrogens with one attached hydrogen (secondary N) is 1. The van der Waals surface area contributed by atoms with E-state index in [0.29, 0.717) is 23.0 Å². The van der Waals surface area contributed by atoms with Gasteiger partial charge < -0.3 is 11.1 Å². The van der Waals surface area contributed by atoms with E-state index in [-0.39, 0.29) is 11.9 Å². The smallest absolute Gasteiger partial charge is 0.129 e. The molecule has 1 unspecified atom stereocenters. The number of allylic oxidation sites excluding steroid dienone is 1. The Bertz CT molecular complexity index is 497. The highest BCUT2D eigenvalue weighted by molar-refractivity contribution is 8.01. The van der Waals surface area contributed by atoms with Gasteiger partial charge in [0.05, 0.1) is 0 Å². The topological polar surface area (TPSA) is 64.1 Å². The summed E-state index contributed by atoms with van der Waals surface area (Å²) in [6.45, 7) is 2.39. The van der Waals surface area contributed by atoms with Gasteiger partial charge in [-0.1, -0.05) is 17.7 Å². The van der Waals surface area contributed by atoms with Crippen LogP contribution in [0.2, 0.25) is 5.02 Å². The lowest BCUT2D eigenvalue weighted by atomic mass is 10.1. The van der Waals surface area contributed by atoms with Gasteiger partial charge in [0.2, 0.25) is 0 Å². The third-order valence-corrected chi connectivity index (χ3v) is 4.48. The van der Waals surface area contributed by atoms with E-state index < -0.39 is 0 Å². The summed E-state index contributed by atoms with van der Waals surface area (Å²) in [7, 11) is 0. The van der Waals surface area contributed by atoms with Crippen molar-refractivity contribution < 1.29 is 4.39 Å². The van der Waals surface area contributed by atoms with Crippen LogP contribution in [-0.2, 0) is 0 Å². The first-order chi connectivity index (χ1) is 9.54. The molecule has 5 N–H and O–H groups in total. The molecule has 1 aromatic rings. The number of hydrogen-bond acceptors (Lipinski definition) is 4. The minimum absolute atomic E-state index is 0.210. The molecule has 6 heteroatoms. The summed E-state index contributed by atoms with van der Waals surface area (Å²) in [4.78, 5) is 0.923. The predicted molar refractivity (Wildman–Crippen MR) is 83.5 cm³/mol. The summed E-state index contributed by atoms with van der Waals surface area (Å²) in [5, 5.41) is 9.32. The Balaban J connectivity index is 2.04. The molecule has 0 radical (unpaired) electrons. The van der Waals surface area contributed by atoms with Crippen LogP contribution in [0, 0.1) is 11.7 Å². The predicted octanol–water partition coefficient (Wildman–Crippen LogP) is 3.32. The van der Waals surface area contributed by atoms with Crippen molar-refractivity contribution in [2.45, 2.75) is 25.8 Å². The van der Waals surface area contributed by atoms with Gasteiger partial charge in [0, 0.05) is 33.8 Å². The molecule has 1 atom stereocenters. The monoisotopic (exact) mass is 315 g/mol. The second kappa shape index (κ2) is 6.80. The maximum atomic E-state index is 13.8. The third-order valence-electron chi connectivity index (χ3n) is 3.48. The molecule has 1 aromatic carbocycles. The maximum Gasteiger partial charge on any atom is 0.129 e. The number of nitrogens with two attached hydrogens (primary N) is 2. The van der Waals surface area contributed by atoms with Crippen molar-refractivity contribution in [2.75, 3.05) is 6.54 Å². The Morgan fingerprint density at radius 2 is 2.25 bits per heavy atom. The Labute approximate surface area is 128 Å². The molecule has 2 rings (SSSR count). The summed E-state index contributed by atoms with van der Waals surface area (Å²) >= 11 is 7.21. The van der Waals surface area contributed by atoms with Gasteiger partial charge in [0.15, 0.2) is 0 Å². The number of hydrogen-bond donors (Lipinski definition) is 3. The molecule has 0 aliphatic heterocycles. The molecule has 0 spiro atoms. The molecule has 0 amide bonds. The Morgan fingerprint density at radius 1 is 1.55 bits per heavy atom. The van der Waals surface area contributed by atoms with Gasteiger partial charge >= 0.3 is 0 Å². The van der Waals surface area contributed by atoms with Crippen molar-refractivity contribution in [3.05, 3.63) is 45.2 Å². The Morgan fingerprint density at radius 3 is 2.80 bits per heavy atom. The zero-order valence-corrected chi connectivity index (χ0v) is 12.9. The fourth-order valence-corrected chi connectivity index (χ4v) is 2.90. The van der Waals surface area contributed by atoms with E-state index in [0.717, 1.165) is 35.4 Å². The Hall–Kier alpha value is -0.750. The van der Waals surface area contributed by atoms with Crippen molar-refractivity contribution in [3.63, 3.8) is 0 Å². The van der Waals surface area contributed by atoms with Gasteiger partial charge in [-0.3, -0.25) is 5.14 Å². The molecule has 1 fully saturated rings. The highest BCUT2D eigenvalue weighted by atomic mass is 35.5. The van der Waals surface area contributed by atoms with E-state index in [1.54, 1.807) is 12.1 Å². The van der Waals surface area contributed by atoms with Gasteiger partial charge in [-0.25, -0.2) is 4.39 Å². The van der Waals surface area contributed by atoms with E-state index >= 15 is 0 Å². The normalized spacial score (nSPS) is 17.8. The van der Waals surface area contributed by atoms with Crippen LogP contribution in [0.3, 0.4) is 0 Å². The summed E-state index contributed by atoms with van der Waals surface area (Å²) < 4.78 is 13.8. The first-order valence-corrected chi connectivity index (χ1v) is 7.83.